The number of nitrogens with one attached hydrogen (secondary N) is 1. The van der Waals surface area contributed by atoms with Crippen molar-refractivity contribution in [3.8, 4) is 0 Å². The van der Waals surface area contributed by atoms with Gasteiger partial charge in [0, 0.05) is 24.7 Å². The van der Waals surface area contributed by atoms with Gasteiger partial charge in [-0.1, -0.05) is 0 Å². The number of nitrogens with zero attached hydrogens (tertiary/aromatic N) is 1. The van der Waals surface area contributed by atoms with E-state index in [1.54, 1.807) is 0 Å². The minimum absolute atomic E-state index is 0.357. The van der Waals surface area contributed by atoms with Crippen LogP contribution in [0.3, 0.4) is 0 Å². The molecule has 0 aliphatic carbocycles. The van der Waals surface area contributed by atoms with Gasteiger partial charge >= 0.3 is 5.97 Å². The van der Waals surface area contributed by atoms with Gasteiger partial charge in [-0.2, -0.15) is 0 Å². The van der Waals surface area contributed by atoms with Crippen LogP contribution in [-0.4, -0.2) is 48.1 Å². The van der Waals surface area contributed by atoms with E-state index in [9.17, 15) is 9.59 Å². The van der Waals surface area contributed by atoms with Crippen LogP contribution in [0.5, 0.6) is 0 Å². The first-order valence-corrected chi connectivity index (χ1v) is 5.82. The fourth-order valence-electron chi connectivity index (χ4n) is 1.16. The highest BCUT2D eigenvalue weighted by atomic mass is 16.4. The molecule has 17 heavy (non-hydrogen) atoms. The summed E-state index contributed by atoms with van der Waals surface area (Å²) in [6.45, 7) is 5.85. The molecule has 0 aromatic carbocycles. The Kier molecular flexibility index (Phi) is 8.05. The van der Waals surface area contributed by atoms with Crippen LogP contribution < -0.4 is 5.32 Å². The molecule has 5 heteroatoms. The summed E-state index contributed by atoms with van der Waals surface area (Å²) in [4.78, 5) is 23.5. The van der Waals surface area contributed by atoms with Crippen molar-refractivity contribution in [2.24, 2.45) is 0 Å². The summed E-state index contributed by atoms with van der Waals surface area (Å²) < 4.78 is 0. The lowest BCUT2D eigenvalue weighted by atomic mass is 10.2. The summed E-state index contributed by atoms with van der Waals surface area (Å²) in [6, 6.07) is 0.531. The lowest BCUT2D eigenvalue weighted by Crippen LogP contribution is -2.28. The molecule has 0 bridgehead atoms. The predicted molar refractivity (Wildman–Crippen MR) is 66.8 cm³/mol. The van der Waals surface area contributed by atoms with Crippen molar-refractivity contribution in [3.63, 3.8) is 0 Å². The number of rotatable bonds is 8. The molecule has 0 saturated heterocycles. The smallest absolute Gasteiger partial charge is 0.328 e. The zero-order chi connectivity index (χ0) is 13.3. The molecular formula is C12H22N2O3. The quantitative estimate of drug-likeness (QED) is 0.489. The molecule has 0 atom stereocenters. The number of hydrogen-bond donors (Lipinski definition) is 2. The van der Waals surface area contributed by atoms with Crippen molar-refractivity contribution in [2.75, 3.05) is 20.1 Å². The number of carbonyl (C=O) groups excluding carboxylic acids is 1. The number of unbranched alkanes of at least 4 members (excludes halogenated alkanes) is 1. The van der Waals surface area contributed by atoms with Crippen LogP contribution in [0.2, 0.25) is 0 Å². The first-order valence-electron chi connectivity index (χ1n) is 5.82. The third kappa shape index (κ3) is 9.56. The standard InChI is InChI=1S/C12H22N2O3/c1-10(2)14(3)9-5-4-8-13-11(15)6-7-12(16)17/h6-7,10H,4-5,8-9H2,1-3H3,(H,13,15)(H,16,17). The van der Waals surface area contributed by atoms with Gasteiger partial charge in [-0.25, -0.2) is 4.79 Å². The van der Waals surface area contributed by atoms with Gasteiger partial charge in [0.2, 0.25) is 5.91 Å². The molecular weight excluding hydrogens is 220 g/mol. The maximum absolute atomic E-state index is 11.1. The van der Waals surface area contributed by atoms with Gasteiger partial charge in [-0.05, 0) is 40.3 Å². The van der Waals surface area contributed by atoms with Crippen LogP contribution in [0, 0.1) is 0 Å². The summed E-state index contributed by atoms with van der Waals surface area (Å²) in [6.07, 6.45) is 3.77. The van der Waals surface area contributed by atoms with Gasteiger partial charge in [-0.3, -0.25) is 4.79 Å². The van der Waals surface area contributed by atoms with Crippen LogP contribution in [0.15, 0.2) is 12.2 Å². The van der Waals surface area contributed by atoms with Gasteiger partial charge < -0.3 is 15.3 Å². The van der Waals surface area contributed by atoms with Crippen molar-refractivity contribution >= 4 is 11.9 Å². The molecule has 0 aromatic heterocycles. The van der Waals surface area contributed by atoms with Gasteiger partial charge in [0.15, 0.2) is 0 Å². The van der Waals surface area contributed by atoms with E-state index in [0.29, 0.717) is 12.6 Å². The molecule has 0 saturated carbocycles. The third-order valence-electron chi connectivity index (χ3n) is 2.50. The van der Waals surface area contributed by atoms with E-state index in [2.05, 4.69) is 31.1 Å². The molecule has 0 spiro atoms. The topological polar surface area (TPSA) is 69.6 Å². The average Bonchev–Trinajstić information content (AvgIpc) is 2.25. The predicted octanol–water partition coefficient (Wildman–Crippen LogP) is 0.864. The monoisotopic (exact) mass is 242 g/mol. The first kappa shape index (κ1) is 15.6. The molecule has 0 aliphatic rings. The molecule has 0 heterocycles. The van der Waals surface area contributed by atoms with Gasteiger partial charge in [0.25, 0.3) is 0 Å². The molecule has 1 amide bonds. The summed E-state index contributed by atoms with van der Waals surface area (Å²) in [5, 5.41) is 10.9. The van der Waals surface area contributed by atoms with E-state index >= 15 is 0 Å². The van der Waals surface area contributed by atoms with E-state index in [0.717, 1.165) is 31.5 Å². The third-order valence-corrected chi connectivity index (χ3v) is 2.50. The second-order valence-electron chi connectivity index (χ2n) is 4.24. The Labute approximate surface area is 102 Å². The molecule has 0 fully saturated rings. The van der Waals surface area contributed by atoms with Gasteiger partial charge in [0.1, 0.15) is 0 Å². The Bertz CT molecular complexity index is 275. The normalized spacial score (nSPS) is 11.4. The highest BCUT2D eigenvalue weighted by molar-refractivity contribution is 5.93. The largest absolute Gasteiger partial charge is 0.478 e. The molecule has 2 N–H and O–H groups in total. The Hall–Kier alpha value is -1.36. The fraction of sp³-hybridized carbons (Fsp3) is 0.667. The highest BCUT2D eigenvalue weighted by Crippen LogP contribution is 1.97. The molecule has 0 radical (unpaired) electrons. The first-order chi connectivity index (χ1) is 7.93. The Morgan fingerprint density at radius 2 is 1.94 bits per heavy atom. The van der Waals surface area contributed by atoms with Crippen LogP contribution in [0.4, 0.5) is 0 Å². The Morgan fingerprint density at radius 1 is 1.29 bits per heavy atom. The number of carbonyl (C=O) groups is 2. The van der Waals surface area contributed by atoms with Crippen molar-refractivity contribution in [2.45, 2.75) is 32.7 Å². The van der Waals surface area contributed by atoms with Crippen LogP contribution >= 0.6 is 0 Å². The van der Waals surface area contributed by atoms with E-state index in [4.69, 9.17) is 5.11 Å². The highest BCUT2D eigenvalue weighted by Gasteiger charge is 2.02. The van der Waals surface area contributed by atoms with Crippen molar-refractivity contribution in [1.82, 2.24) is 10.2 Å². The minimum Gasteiger partial charge on any atom is -0.478 e. The number of amides is 1. The van der Waals surface area contributed by atoms with Crippen molar-refractivity contribution in [3.05, 3.63) is 12.2 Å². The summed E-state index contributed by atoms with van der Waals surface area (Å²) in [5.74, 6) is -1.47. The second-order valence-corrected chi connectivity index (χ2v) is 4.24. The number of aliphatic carboxylic acids is 1. The maximum Gasteiger partial charge on any atom is 0.328 e. The van der Waals surface area contributed by atoms with Crippen molar-refractivity contribution in [1.29, 1.82) is 0 Å². The summed E-state index contributed by atoms with van der Waals surface area (Å²) in [7, 11) is 2.07. The maximum atomic E-state index is 11.1. The lowest BCUT2D eigenvalue weighted by Gasteiger charge is -2.20. The average molecular weight is 242 g/mol. The molecule has 0 unspecified atom stereocenters. The molecule has 0 rings (SSSR count). The van der Waals surface area contributed by atoms with E-state index < -0.39 is 5.97 Å². The Balaban J connectivity index is 3.52. The van der Waals surface area contributed by atoms with Crippen LogP contribution in [0.25, 0.3) is 0 Å². The van der Waals surface area contributed by atoms with Gasteiger partial charge in [0.05, 0.1) is 0 Å². The number of hydrogen-bond acceptors (Lipinski definition) is 3. The number of carboxylic acid groups (broad SMARTS) is 1. The van der Waals surface area contributed by atoms with Crippen LogP contribution in [0.1, 0.15) is 26.7 Å². The van der Waals surface area contributed by atoms with Crippen molar-refractivity contribution < 1.29 is 14.7 Å². The zero-order valence-corrected chi connectivity index (χ0v) is 10.8. The molecule has 0 aliphatic heterocycles. The van der Waals surface area contributed by atoms with E-state index in [1.807, 2.05) is 0 Å². The summed E-state index contributed by atoms with van der Waals surface area (Å²) in [5.41, 5.74) is 0. The van der Waals surface area contributed by atoms with E-state index in [-0.39, 0.29) is 5.91 Å². The lowest BCUT2D eigenvalue weighted by molar-refractivity contribution is -0.131. The molecule has 5 nitrogen and oxygen atoms in total. The Morgan fingerprint density at radius 3 is 2.47 bits per heavy atom. The number of carboxylic acids is 1. The summed E-state index contributed by atoms with van der Waals surface area (Å²) >= 11 is 0. The fourth-order valence-corrected chi connectivity index (χ4v) is 1.16. The zero-order valence-electron chi connectivity index (χ0n) is 10.8. The van der Waals surface area contributed by atoms with Gasteiger partial charge in [-0.15, -0.1) is 0 Å². The minimum atomic E-state index is -1.11. The SMILES string of the molecule is CC(C)N(C)CCCCNC(=O)C=CC(=O)O. The second kappa shape index (κ2) is 8.75. The molecule has 98 valence electrons. The van der Waals surface area contributed by atoms with E-state index in [1.165, 1.54) is 0 Å². The molecule has 0 aromatic rings. The van der Waals surface area contributed by atoms with Crippen LogP contribution in [-0.2, 0) is 9.59 Å².